The van der Waals surface area contributed by atoms with E-state index in [2.05, 4.69) is 38.6 Å². The normalized spacial score (nSPS) is 11.4. The molecular weight excluding hydrogens is 501 g/mol. The van der Waals surface area contributed by atoms with Crippen molar-refractivity contribution in [3.05, 3.63) is 64.1 Å². The average molecular weight is 532 g/mol. The first-order chi connectivity index (χ1) is 16.8. The Kier molecular flexibility index (Phi) is 9.32. The van der Waals surface area contributed by atoms with Crippen LogP contribution in [0.3, 0.4) is 0 Å². The number of methoxy groups -OCH3 is 3. The summed E-state index contributed by atoms with van der Waals surface area (Å²) >= 11 is 3.12. The van der Waals surface area contributed by atoms with E-state index in [1.165, 1.54) is 11.8 Å². The van der Waals surface area contributed by atoms with E-state index >= 15 is 0 Å². The van der Waals surface area contributed by atoms with Crippen molar-refractivity contribution < 1.29 is 18.7 Å². The molecule has 0 radical (unpaired) electrons. The van der Waals surface area contributed by atoms with Crippen molar-refractivity contribution in [1.29, 1.82) is 0 Å². The summed E-state index contributed by atoms with van der Waals surface area (Å²) in [5.74, 6) is 2.45. The second-order valence-electron chi connectivity index (χ2n) is 7.55. The van der Waals surface area contributed by atoms with Gasteiger partial charge >= 0.3 is 0 Å². The molecule has 0 saturated heterocycles. The molecule has 0 bridgehead atoms. The number of benzene rings is 2. The van der Waals surface area contributed by atoms with Crippen molar-refractivity contribution in [2.75, 3.05) is 40.7 Å². The van der Waals surface area contributed by atoms with Gasteiger partial charge in [-0.25, -0.2) is 4.98 Å². The maximum atomic E-state index is 5.47. The van der Waals surface area contributed by atoms with Crippen LogP contribution in [0, 0.1) is 0 Å². The van der Waals surface area contributed by atoms with Crippen molar-refractivity contribution in [1.82, 2.24) is 9.88 Å². The minimum atomic E-state index is 0.537. The van der Waals surface area contributed by atoms with Crippen LogP contribution in [0.1, 0.15) is 11.9 Å². The molecule has 1 unspecified atom stereocenters. The molecule has 0 aliphatic heterocycles. The second-order valence-corrected chi connectivity index (χ2v) is 9.75. The summed E-state index contributed by atoms with van der Waals surface area (Å²) in [5, 5.41) is 7.05. The Labute approximate surface area is 217 Å². The fourth-order valence-corrected chi connectivity index (χ4v) is 5.28. The summed E-state index contributed by atoms with van der Waals surface area (Å²) in [6.07, 6.45) is 0. The van der Waals surface area contributed by atoms with Crippen molar-refractivity contribution in [2.24, 2.45) is 0 Å². The average Bonchev–Trinajstić information content (AvgIpc) is 3.36. The van der Waals surface area contributed by atoms with E-state index in [9.17, 15) is 0 Å². The van der Waals surface area contributed by atoms with Crippen LogP contribution in [0.15, 0.2) is 59.1 Å². The predicted molar refractivity (Wildman–Crippen MR) is 151 cm³/mol. The van der Waals surface area contributed by atoms with Gasteiger partial charge in [-0.2, -0.15) is 0 Å². The van der Waals surface area contributed by atoms with Gasteiger partial charge in [0.2, 0.25) is 5.75 Å². The van der Waals surface area contributed by atoms with Gasteiger partial charge in [0.1, 0.15) is 10.8 Å². The van der Waals surface area contributed by atoms with Crippen molar-refractivity contribution in [3.63, 3.8) is 0 Å². The van der Waals surface area contributed by atoms with Crippen LogP contribution in [-0.4, -0.2) is 45.3 Å². The fraction of sp³-hybridized carbons (Fsp3) is 0.240. The zero-order chi connectivity index (χ0) is 25.5. The van der Waals surface area contributed by atoms with Crippen LogP contribution in [-0.2, 0) is 0 Å². The van der Waals surface area contributed by atoms with Gasteiger partial charge < -0.3 is 29.0 Å². The highest BCUT2D eigenvalue weighted by atomic mass is 32.2. The molecule has 10 heteroatoms. The van der Waals surface area contributed by atoms with E-state index in [1.807, 2.05) is 50.5 Å². The van der Waals surface area contributed by atoms with Crippen LogP contribution in [0.4, 0.5) is 5.69 Å². The van der Waals surface area contributed by atoms with Crippen molar-refractivity contribution >= 4 is 43.2 Å². The first kappa shape index (κ1) is 26.7. The molecule has 0 aliphatic rings. The molecule has 0 fully saturated rings. The highest BCUT2D eigenvalue weighted by molar-refractivity contribution is 8.12. The van der Waals surface area contributed by atoms with Gasteiger partial charge in [0.05, 0.1) is 46.4 Å². The Morgan fingerprint density at radius 2 is 1.69 bits per heavy atom. The van der Waals surface area contributed by atoms with E-state index < -0.39 is 0 Å². The van der Waals surface area contributed by atoms with E-state index in [-0.39, 0.29) is 0 Å². The number of hydrogen-bond acceptors (Lipinski definition) is 9. The summed E-state index contributed by atoms with van der Waals surface area (Å²) in [7, 11) is 11.0. The number of anilines is 1. The van der Waals surface area contributed by atoms with Gasteiger partial charge in [0.25, 0.3) is 0 Å². The molecule has 2 aromatic carbocycles. The molecule has 0 aliphatic carbocycles. The number of nitrogens with one attached hydrogen (secondary N) is 1. The van der Waals surface area contributed by atoms with Crippen LogP contribution >= 0.6 is 32.6 Å². The molecule has 1 atom stereocenters. The Balaban J connectivity index is 1.87. The number of ether oxygens (including phenoxy) is 3. The third kappa shape index (κ3) is 6.42. The van der Waals surface area contributed by atoms with Crippen molar-refractivity contribution in [2.45, 2.75) is 6.92 Å². The summed E-state index contributed by atoms with van der Waals surface area (Å²) in [4.78, 5) is 8.00. The summed E-state index contributed by atoms with van der Waals surface area (Å²) in [5.41, 5.74) is 3.79. The fourth-order valence-electron chi connectivity index (χ4n) is 3.15. The van der Waals surface area contributed by atoms with Gasteiger partial charge in [-0.15, -0.1) is 11.3 Å². The molecule has 1 heterocycles. The standard InChI is InChI=1S/C25H30N3O4PS2/c1-15(28(3)4)24(25-27-20(14-34-25)17-8-10-19(32-33)11-9-17)35-16(2)26-18-12-21(29-5)23(31-7)22(13-18)30-6/h8-14,26H,2,33H2,1,3-7H3/b24-15+. The number of thiazole rings is 1. The van der Waals surface area contributed by atoms with Crippen LogP contribution in [0.25, 0.3) is 16.2 Å². The minimum absolute atomic E-state index is 0.537. The summed E-state index contributed by atoms with van der Waals surface area (Å²) in [6.45, 7) is 6.31. The number of thioether (sulfide) groups is 1. The lowest BCUT2D eigenvalue weighted by atomic mass is 10.2. The topological polar surface area (TPSA) is 65.1 Å². The molecular formula is C25H30N3O4PS2. The molecule has 0 amide bonds. The smallest absolute Gasteiger partial charge is 0.203 e. The molecule has 1 aromatic heterocycles. The van der Waals surface area contributed by atoms with Gasteiger partial charge in [-0.1, -0.05) is 18.3 Å². The minimum Gasteiger partial charge on any atom is -0.493 e. The van der Waals surface area contributed by atoms with Crippen molar-refractivity contribution in [3.8, 4) is 34.3 Å². The monoisotopic (exact) mass is 531 g/mol. The second kappa shape index (κ2) is 12.2. The molecule has 35 heavy (non-hydrogen) atoms. The Morgan fingerprint density at radius 3 is 2.20 bits per heavy atom. The van der Waals surface area contributed by atoms with Crippen LogP contribution in [0.2, 0.25) is 0 Å². The van der Waals surface area contributed by atoms with Crippen LogP contribution in [0.5, 0.6) is 23.0 Å². The zero-order valence-corrected chi connectivity index (χ0v) is 23.5. The van der Waals surface area contributed by atoms with E-state index in [1.54, 1.807) is 32.7 Å². The van der Waals surface area contributed by atoms with E-state index in [0.29, 0.717) is 17.2 Å². The van der Waals surface area contributed by atoms with Gasteiger partial charge in [-0.05, 0) is 31.2 Å². The SMILES string of the molecule is C=C(Nc1cc(OC)c(OC)c(OC)c1)S/C(=C(\C)N(C)C)c1nc(-c2ccc(OP)cc2)cs1. The van der Waals surface area contributed by atoms with Crippen LogP contribution < -0.4 is 24.1 Å². The first-order valence-corrected chi connectivity index (χ1v) is 12.7. The molecule has 1 N–H and O–H groups in total. The predicted octanol–water partition coefficient (Wildman–Crippen LogP) is 6.57. The van der Waals surface area contributed by atoms with E-state index in [0.717, 1.165) is 43.3 Å². The largest absolute Gasteiger partial charge is 0.493 e. The van der Waals surface area contributed by atoms with Gasteiger partial charge in [-0.3, -0.25) is 0 Å². The lowest BCUT2D eigenvalue weighted by molar-refractivity contribution is 0.324. The summed E-state index contributed by atoms with van der Waals surface area (Å²) in [6, 6.07) is 11.5. The molecule has 3 rings (SSSR count). The Hall–Kier alpha value is -2.87. The van der Waals surface area contributed by atoms with Gasteiger partial charge in [0, 0.05) is 48.6 Å². The lowest BCUT2D eigenvalue weighted by Crippen LogP contribution is -2.10. The molecule has 186 valence electrons. The maximum absolute atomic E-state index is 5.47. The highest BCUT2D eigenvalue weighted by Gasteiger charge is 2.18. The van der Waals surface area contributed by atoms with E-state index in [4.69, 9.17) is 23.7 Å². The zero-order valence-electron chi connectivity index (χ0n) is 20.7. The quantitative estimate of drug-likeness (QED) is 0.279. The Morgan fingerprint density at radius 1 is 1.06 bits per heavy atom. The van der Waals surface area contributed by atoms with Gasteiger partial charge in [0.15, 0.2) is 11.5 Å². The highest BCUT2D eigenvalue weighted by Crippen LogP contribution is 2.43. The lowest BCUT2D eigenvalue weighted by Gasteiger charge is -2.19. The first-order valence-electron chi connectivity index (χ1n) is 10.6. The number of rotatable bonds is 11. The maximum Gasteiger partial charge on any atom is 0.203 e. The third-order valence-corrected chi connectivity index (χ3v) is 7.46. The molecule has 7 nitrogen and oxygen atoms in total. The number of aromatic nitrogens is 1. The number of hydrogen-bond donors (Lipinski definition) is 1. The molecule has 0 spiro atoms. The molecule has 3 aromatic rings. The molecule has 0 saturated carbocycles. The summed E-state index contributed by atoms with van der Waals surface area (Å²) < 4.78 is 21.5. The Bertz CT molecular complexity index is 1180. The third-order valence-electron chi connectivity index (χ3n) is 5.16. The number of allylic oxidation sites excluding steroid dienone is 1. The number of nitrogens with zero attached hydrogens (tertiary/aromatic N) is 2.